The molecule has 122 valence electrons. The lowest BCUT2D eigenvalue weighted by Gasteiger charge is -2.36. The molecule has 1 atom stereocenters. The molecule has 4 rings (SSSR count). The lowest BCUT2D eigenvalue weighted by atomic mass is 9.71. The largest absolute Gasteiger partial charge is 0.309 e. The number of aromatic amines is 1. The minimum atomic E-state index is -0.815. The fourth-order valence-electron chi connectivity index (χ4n) is 3.44. The first-order valence-electron chi connectivity index (χ1n) is 8.00. The van der Waals surface area contributed by atoms with E-state index in [1.54, 1.807) is 30.3 Å². The molecule has 1 heterocycles. The molecule has 0 aliphatic heterocycles. The minimum absolute atomic E-state index is 0.0507. The Bertz CT molecular complexity index is 930. The van der Waals surface area contributed by atoms with Crippen molar-refractivity contribution in [1.29, 1.82) is 0 Å². The number of para-hydroxylation sites is 1. The SMILES string of the molecule is O=c1[nH]c(C(c2ccc(F)cc2)C2CC(F)C2)nc2ccccc12. The van der Waals surface area contributed by atoms with Crippen LogP contribution in [0.4, 0.5) is 8.78 Å². The minimum Gasteiger partial charge on any atom is -0.309 e. The maximum Gasteiger partial charge on any atom is 0.258 e. The average molecular weight is 326 g/mol. The van der Waals surface area contributed by atoms with E-state index < -0.39 is 6.17 Å². The fourth-order valence-corrected chi connectivity index (χ4v) is 3.44. The molecule has 3 nitrogen and oxygen atoms in total. The van der Waals surface area contributed by atoms with Gasteiger partial charge in [0.2, 0.25) is 0 Å². The zero-order valence-corrected chi connectivity index (χ0v) is 12.9. The Hall–Kier alpha value is -2.56. The van der Waals surface area contributed by atoms with Gasteiger partial charge in [-0.25, -0.2) is 13.8 Å². The molecule has 1 aliphatic carbocycles. The van der Waals surface area contributed by atoms with E-state index in [1.165, 1.54) is 12.1 Å². The Morgan fingerprint density at radius 1 is 1.08 bits per heavy atom. The summed E-state index contributed by atoms with van der Waals surface area (Å²) in [5, 5.41) is 0.524. The zero-order valence-electron chi connectivity index (χ0n) is 12.9. The second-order valence-electron chi connectivity index (χ2n) is 6.33. The number of halogens is 2. The van der Waals surface area contributed by atoms with Gasteiger partial charge < -0.3 is 4.98 Å². The van der Waals surface area contributed by atoms with E-state index in [-0.39, 0.29) is 23.2 Å². The Morgan fingerprint density at radius 2 is 1.79 bits per heavy atom. The van der Waals surface area contributed by atoms with Crippen LogP contribution in [0.25, 0.3) is 10.9 Å². The molecular formula is C19H16F2N2O. The Labute approximate surface area is 137 Å². The number of fused-ring (bicyclic) bond motifs is 1. The number of benzene rings is 2. The summed E-state index contributed by atoms with van der Waals surface area (Å²) in [6, 6.07) is 13.2. The smallest absolute Gasteiger partial charge is 0.258 e. The topological polar surface area (TPSA) is 45.8 Å². The second kappa shape index (κ2) is 5.82. The van der Waals surface area contributed by atoms with Crippen molar-refractivity contribution in [2.75, 3.05) is 0 Å². The van der Waals surface area contributed by atoms with E-state index in [4.69, 9.17) is 0 Å². The van der Waals surface area contributed by atoms with Gasteiger partial charge in [0.1, 0.15) is 17.8 Å². The molecule has 0 spiro atoms. The van der Waals surface area contributed by atoms with Gasteiger partial charge in [-0.15, -0.1) is 0 Å². The third-order valence-corrected chi connectivity index (χ3v) is 4.74. The standard InChI is InChI=1S/C19H16F2N2O/c20-13-7-5-11(6-8-13)17(12-9-14(21)10-12)18-22-16-4-2-1-3-15(16)19(24)23-18/h1-8,12,14,17H,9-10H2,(H,22,23,24). The zero-order chi connectivity index (χ0) is 16.7. The Morgan fingerprint density at radius 3 is 2.50 bits per heavy atom. The van der Waals surface area contributed by atoms with Gasteiger partial charge in [0.25, 0.3) is 5.56 Å². The van der Waals surface area contributed by atoms with Crippen molar-refractivity contribution < 1.29 is 8.78 Å². The molecule has 1 saturated carbocycles. The van der Waals surface area contributed by atoms with E-state index >= 15 is 0 Å². The number of aromatic nitrogens is 2. The van der Waals surface area contributed by atoms with E-state index in [2.05, 4.69) is 9.97 Å². The number of rotatable bonds is 3. The van der Waals surface area contributed by atoms with E-state index in [0.29, 0.717) is 29.6 Å². The molecule has 1 unspecified atom stereocenters. The van der Waals surface area contributed by atoms with Crippen LogP contribution in [0.2, 0.25) is 0 Å². The molecular weight excluding hydrogens is 310 g/mol. The monoisotopic (exact) mass is 326 g/mol. The summed E-state index contributed by atoms with van der Waals surface area (Å²) < 4.78 is 26.7. The summed E-state index contributed by atoms with van der Waals surface area (Å²) in [6.45, 7) is 0. The molecule has 5 heteroatoms. The van der Waals surface area contributed by atoms with E-state index in [1.807, 2.05) is 6.07 Å². The van der Waals surface area contributed by atoms with Crippen molar-refractivity contribution in [3.05, 3.63) is 76.1 Å². The summed E-state index contributed by atoms with van der Waals surface area (Å²) in [4.78, 5) is 19.8. The Kier molecular flexibility index (Phi) is 3.63. The second-order valence-corrected chi connectivity index (χ2v) is 6.33. The first-order valence-corrected chi connectivity index (χ1v) is 8.00. The van der Waals surface area contributed by atoms with Crippen LogP contribution < -0.4 is 5.56 Å². The maximum atomic E-state index is 13.4. The van der Waals surface area contributed by atoms with Crippen LogP contribution in [0.3, 0.4) is 0 Å². The first kappa shape index (κ1) is 15.0. The Balaban J connectivity index is 1.84. The molecule has 0 saturated heterocycles. The van der Waals surface area contributed by atoms with Crippen molar-refractivity contribution in [2.45, 2.75) is 24.9 Å². The summed E-state index contributed by atoms with van der Waals surface area (Å²) >= 11 is 0. The van der Waals surface area contributed by atoms with E-state index in [0.717, 1.165) is 5.56 Å². The number of hydrogen-bond acceptors (Lipinski definition) is 2. The quantitative estimate of drug-likeness (QED) is 0.792. The van der Waals surface area contributed by atoms with Gasteiger partial charge in [-0.2, -0.15) is 0 Å². The van der Waals surface area contributed by atoms with Gasteiger partial charge in [0.05, 0.1) is 10.9 Å². The van der Waals surface area contributed by atoms with Crippen molar-refractivity contribution in [2.24, 2.45) is 5.92 Å². The highest BCUT2D eigenvalue weighted by Crippen LogP contribution is 2.43. The molecule has 3 aromatic rings. The number of H-pyrrole nitrogens is 1. The summed E-state index contributed by atoms with van der Waals surface area (Å²) in [5.41, 5.74) is 1.24. The molecule has 1 fully saturated rings. The third kappa shape index (κ3) is 2.60. The number of alkyl halides is 1. The predicted octanol–water partition coefficient (Wildman–Crippen LogP) is 3.94. The van der Waals surface area contributed by atoms with Crippen LogP contribution in [-0.4, -0.2) is 16.1 Å². The normalized spacial score (nSPS) is 21.4. The number of nitrogens with zero attached hydrogens (tertiary/aromatic N) is 1. The summed E-state index contributed by atoms with van der Waals surface area (Å²) in [5.74, 6) is 0.00123. The van der Waals surface area contributed by atoms with Gasteiger partial charge in [0.15, 0.2) is 0 Å². The van der Waals surface area contributed by atoms with Crippen molar-refractivity contribution in [1.82, 2.24) is 9.97 Å². The van der Waals surface area contributed by atoms with E-state index in [9.17, 15) is 13.6 Å². The molecule has 2 aromatic carbocycles. The molecule has 1 aromatic heterocycles. The van der Waals surface area contributed by atoms with Crippen molar-refractivity contribution in [3.63, 3.8) is 0 Å². The van der Waals surface area contributed by atoms with Gasteiger partial charge >= 0.3 is 0 Å². The van der Waals surface area contributed by atoms with Gasteiger partial charge in [-0.3, -0.25) is 4.79 Å². The summed E-state index contributed by atoms with van der Waals surface area (Å²) in [7, 11) is 0. The summed E-state index contributed by atoms with van der Waals surface area (Å²) in [6.07, 6.45) is 0.0436. The fraction of sp³-hybridized carbons (Fsp3) is 0.263. The van der Waals surface area contributed by atoms with Crippen LogP contribution in [0, 0.1) is 11.7 Å². The van der Waals surface area contributed by atoms with Gasteiger partial charge in [-0.1, -0.05) is 24.3 Å². The first-order chi connectivity index (χ1) is 11.6. The van der Waals surface area contributed by atoms with Crippen molar-refractivity contribution in [3.8, 4) is 0 Å². The third-order valence-electron chi connectivity index (χ3n) is 4.74. The van der Waals surface area contributed by atoms with Crippen molar-refractivity contribution >= 4 is 10.9 Å². The van der Waals surface area contributed by atoms with Crippen LogP contribution in [-0.2, 0) is 0 Å². The molecule has 0 amide bonds. The molecule has 24 heavy (non-hydrogen) atoms. The van der Waals surface area contributed by atoms with Crippen LogP contribution in [0.15, 0.2) is 53.3 Å². The van der Waals surface area contributed by atoms with Crippen LogP contribution >= 0.6 is 0 Å². The highest BCUT2D eigenvalue weighted by molar-refractivity contribution is 5.77. The van der Waals surface area contributed by atoms with Gasteiger partial charge in [0, 0.05) is 5.92 Å². The lowest BCUT2D eigenvalue weighted by Crippen LogP contribution is -2.32. The molecule has 0 bridgehead atoms. The van der Waals surface area contributed by atoms with Gasteiger partial charge in [-0.05, 0) is 48.6 Å². The van der Waals surface area contributed by atoms with Crippen LogP contribution in [0.1, 0.15) is 30.1 Å². The lowest BCUT2D eigenvalue weighted by molar-refractivity contribution is 0.117. The molecule has 0 radical (unpaired) electrons. The number of hydrogen-bond donors (Lipinski definition) is 1. The maximum absolute atomic E-state index is 13.4. The average Bonchev–Trinajstić information content (AvgIpc) is 2.55. The molecule has 1 N–H and O–H groups in total. The number of nitrogens with one attached hydrogen (secondary N) is 1. The van der Waals surface area contributed by atoms with Crippen LogP contribution in [0.5, 0.6) is 0 Å². The molecule has 1 aliphatic rings. The predicted molar refractivity (Wildman–Crippen MR) is 88.2 cm³/mol. The highest BCUT2D eigenvalue weighted by Gasteiger charge is 2.38. The highest BCUT2D eigenvalue weighted by atomic mass is 19.1.